The van der Waals surface area contributed by atoms with E-state index in [1.54, 1.807) is 11.0 Å². The van der Waals surface area contributed by atoms with Crippen LogP contribution in [-0.2, 0) is 6.54 Å². The zero-order chi connectivity index (χ0) is 16.4. The van der Waals surface area contributed by atoms with Crippen LogP contribution in [0.3, 0.4) is 0 Å². The lowest BCUT2D eigenvalue weighted by atomic mass is 10.2. The second kappa shape index (κ2) is 6.04. The summed E-state index contributed by atoms with van der Waals surface area (Å²) in [5.41, 5.74) is 6.36. The first-order valence-electron chi connectivity index (χ1n) is 7.74. The summed E-state index contributed by atoms with van der Waals surface area (Å²) >= 11 is 0. The fourth-order valence-electron chi connectivity index (χ4n) is 2.75. The number of benzene rings is 2. The molecule has 4 aromatic rings. The monoisotopic (exact) mass is 316 g/mol. The van der Waals surface area contributed by atoms with Crippen molar-refractivity contribution < 1.29 is 4.79 Å². The molecule has 0 unspecified atom stereocenters. The zero-order valence-corrected chi connectivity index (χ0v) is 13.0. The minimum Gasteiger partial charge on any atom is -0.339 e. The summed E-state index contributed by atoms with van der Waals surface area (Å²) in [4.78, 5) is 16.9. The standard InChI is InChI=1S/C19H16N4O/c24-19(21-23-14-20-16-9-4-5-10-17(16)23)18-11-6-12-22(18)13-15-7-2-1-3-8-15/h1-12,14H,13H2,(H,21,24). The number of amides is 1. The van der Waals surface area contributed by atoms with Gasteiger partial charge in [0.25, 0.3) is 5.91 Å². The lowest BCUT2D eigenvalue weighted by molar-refractivity contribution is 0.1000. The van der Waals surface area contributed by atoms with Gasteiger partial charge in [-0.25, -0.2) is 9.66 Å². The Kier molecular flexibility index (Phi) is 3.59. The molecule has 0 aliphatic rings. The van der Waals surface area contributed by atoms with E-state index in [9.17, 15) is 4.79 Å². The predicted octanol–water partition coefficient (Wildman–Crippen LogP) is 3.27. The second-order valence-electron chi connectivity index (χ2n) is 5.55. The Balaban J connectivity index is 1.58. The molecular formula is C19H16N4O. The Morgan fingerprint density at radius 1 is 0.958 bits per heavy atom. The van der Waals surface area contributed by atoms with Crippen molar-refractivity contribution in [1.29, 1.82) is 0 Å². The van der Waals surface area contributed by atoms with E-state index in [-0.39, 0.29) is 5.91 Å². The number of nitrogens with zero attached hydrogens (tertiary/aromatic N) is 3. The number of fused-ring (bicyclic) bond motifs is 1. The number of rotatable bonds is 4. The Morgan fingerprint density at radius 2 is 1.75 bits per heavy atom. The average Bonchev–Trinajstić information content (AvgIpc) is 3.23. The van der Waals surface area contributed by atoms with E-state index < -0.39 is 0 Å². The highest BCUT2D eigenvalue weighted by molar-refractivity contribution is 5.99. The lowest BCUT2D eigenvalue weighted by Crippen LogP contribution is -2.24. The number of hydrogen-bond donors (Lipinski definition) is 1. The maximum atomic E-state index is 12.6. The predicted molar refractivity (Wildman–Crippen MR) is 93.4 cm³/mol. The van der Waals surface area contributed by atoms with Gasteiger partial charge in [-0.1, -0.05) is 42.5 Å². The topological polar surface area (TPSA) is 51.9 Å². The van der Waals surface area contributed by atoms with Gasteiger partial charge in [-0.15, -0.1) is 0 Å². The maximum Gasteiger partial charge on any atom is 0.286 e. The molecule has 2 aromatic carbocycles. The molecule has 0 radical (unpaired) electrons. The van der Waals surface area contributed by atoms with Crippen molar-refractivity contribution >= 4 is 16.9 Å². The van der Waals surface area contributed by atoms with E-state index in [4.69, 9.17) is 0 Å². The summed E-state index contributed by atoms with van der Waals surface area (Å²) in [6.07, 6.45) is 3.53. The van der Waals surface area contributed by atoms with Gasteiger partial charge in [-0.3, -0.25) is 10.2 Å². The van der Waals surface area contributed by atoms with E-state index in [0.29, 0.717) is 12.2 Å². The summed E-state index contributed by atoms with van der Waals surface area (Å²) in [5.74, 6) is -0.168. The summed E-state index contributed by atoms with van der Waals surface area (Å²) in [6, 6.07) is 21.4. The summed E-state index contributed by atoms with van der Waals surface area (Å²) in [6.45, 7) is 0.654. The number of carbonyl (C=O) groups excluding carboxylic acids is 1. The Bertz CT molecular complexity index is 985. The van der Waals surface area contributed by atoms with Gasteiger partial charge in [0, 0.05) is 12.7 Å². The largest absolute Gasteiger partial charge is 0.339 e. The van der Waals surface area contributed by atoms with Gasteiger partial charge in [-0.2, -0.15) is 0 Å². The van der Waals surface area contributed by atoms with E-state index in [1.165, 1.54) is 0 Å². The number of hydrogen-bond acceptors (Lipinski definition) is 2. The van der Waals surface area contributed by atoms with Gasteiger partial charge >= 0.3 is 0 Å². The highest BCUT2D eigenvalue weighted by atomic mass is 16.2. The fourth-order valence-corrected chi connectivity index (χ4v) is 2.75. The molecule has 0 saturated heterocycles. The smallest absolute Gasteiger partial charge is 0.286 e. The molecule has 0 bridgehead atoms. The summed E-state index contributed by atoms with van der Waals surface area (Å²) in [7, 11) is 0. The van der Waals surface area contributed by atoms with Gasteiger partial charge < -0.3 is 4.57 Å². The van der Waals surface area contributed by atoms with Gasteiger partial charge in [0.2, 0.25) is 0 Å². The molecule has 0 saturated carbocycles. The van der Waals surface area contributed by atoms with Crippen molar-refractivity contribution in [3.63, 3.8) is 0 Å². The molecule has 0 fully saturated rings. The van der Waals surface area contributed by atoms with Crippen molar-refractivity contribution in [3.05, 3.63) is 90.5 Å². The normalized spacial score (nSPS) is 10.8. The molecule has 1 amide bonds. The number of imidazole rings is 1. The van der Waals surface area contributed by atoms with Crippen LogP contribution in [-0.4, -0.2) is 20.1 Å². The van der Waals surface area contributed by atoms with Gasteiger partial charge in [0.15, 0.2) is 0 Å². The molecular weight excluding hydrogens is 300 g/mol. The molecule has 24 heavy (non-hydrogen) atoms. The van der Waals surface area contributed by atoms with E-state index in [2.05, 4.69) is 10.4 Å². The highest BCUT2D eigenvalue weighted by Gasteiger charge is 2.12. The molecule has 5 nitrogen and oxygen atoms in total. The van der Waals surface area contributed by atoms with Crippen LogP contribution in [0.1, 0.15) is 16.1 Å². The van der Waals surface area contributed by atoms with E-state index >= 15 is 0 Å². The molecule has 0 aliphatic carbocycles. The molecule has 0 aliphatic heterocycles. The molecule has 2 heterocycles. The molecule has 0 atom stereocenters. The highest BCUT2D eigenvalue weighted by Crippen LogP contribution is 2.12. The van der Waals surface area contributed by atoms with Crippen molar-refractivity contribution in [1.82, 2.24) is 14.2 Å². The van der Waals surface area contributed by atoms with Crippen LogP contribution >= 0.6 is 0 Å². The van der Waals surface area contributed by atoms with Crippen molar-refractivity contribution in [2.75, 3.05) is 5.43 Å². The SMILES string of the molecule is O=C(Nn1cnc2ccccc21)c1cccn1Cc1ccccc1. The van der Waals surface area contributed by atoms with E-state index in [1.807, 2.05) is 77.5 Å². The third-order valence-corrected chi connectivity index (χ3v) is 3.93. The number of carbonyl (C=O) groups is 1. The molecule has 1 N–H and O–H groups in total. The molecule has 5 heteroatoms. The van der Waals surface area contributed by atoms with Gasteiger partial charge in [-0.05, 0) is 29.8 Å². The molecule has 2 aromatic heterocycles. The summed E-state index contributed by atoms with van der Waals surface area (Å²) < 4.78 is 3.58. The number of nitrogens with one attached hydrogen (secondary N) is 1. The van der Waals surface area contributed by atoms with Crippen LogP contribution in [0.25, 0.3) is 11.0 Å². The third kappa shape index (κ3) is 2.67. The molecule has 118 valence electrons. The van der Waals surface area contributed by atoms with Crippen molar-refractivity contribution in [3.8, 4) is 0 Å². The first-order chi connectivity index (χ1) is 11.8. The third-order valence-electron chi connectivity index (χ3n) is 3.93. The van der Waals surface area contributed by atoms with Crippen LogP contribution < -0.4 is 5.43 Å². The quantitative estimate of drug-likeness (QED) is 0.628. The van der Waals surface area contributed by atoms with Crippen LogP contribution in [0.5, 0.6) is 0 Å². The minimum absolute atomic E-state index is 0.168. The molecule has 0 spiro atoms. The summed E-state index contributed by atoms with van der Waals surface area (Å²) in [5, 5.41) is 0. The van der Waals surface area contributed by atoms with Crippen molar-refractivity contribution in [2.24, 2.45) is 0 Å². The maximum absolute atomic E-state index is 12.6. The molecule has 4 rings (SSSR count). The van der Waals surface area contributed by atoms with Gasteiger partial charge in [0.05, 0.1) is 11.0 Å². The van der Waals surface area contributed by atoms with E-state index in [0.717, 1.165) is 16.6 Å². The Morgan fingerprint density at radius 3 is 2.62 bits per heavy atom. The Hall–Kier alpha value is -3.34. The van der Waals surface area contributed by atoms with Gasteiger partial charge in [0.1, 0.15) is 12.0 Å². The number of para-hydroxylation sites is 2. The van der Waals surface area contributed by atoms with Crippen LogP contribution in [0.2, 0.25) is 0 Å². The Labute approximate surface area is 139 Å². The fraction of sp³-hybridized carbons (Fsp3) is 0.0526. The average molecular weight is 316 g/mol. The van der Waals surface area contributed by atoms with Crippen molar-refractivity contribution in [2.45, 2.75) is 6.54 Å². The van der Waals surface area contributed by atoms with Crippen LogP contribution in [0.15, 0.2) is 79.3 Å². The van der Waals surface area contributed by atoms with Crippen LogP contribution in [0, 0.1) is 0 Å². The lowest BCUT2D eigenvalue weighted by Gasteiger charge is -2.11. The van der Waals surface area contributed by atoms with Crippen LogP contribution in [0.4, 0.5) is 0 Å². The minimum atomic E-state index is -0.168. The number of aromatic nitrogens is 3. The first kappa shape index (κ1) is 14.3. The zero-order valence-electron chi connectivity index (χ0n) is 13.0. The first-order valence-corrected chi connectivity index (χ1v) is 7.74. The second-order valence-corrected chi connectivity index (χ2v) is 5.55.